The first-order chi connectivity index (χ1) is 13.3. The highest BCUT2D eigenvalue weighted by Gasteiger charge is 2.44. The molecule has 0 radical (unpaired) electrons. The van der Waals surface area contributed by atoms with Crippen LogP contribution in [0.1, 0.15) is 38.4 Å². The second kappa shape index (κ2) is 6.38. The van der Waals surface area contributed by atoms with Gasteiger partial charge in [0.1, 0.15) is 34.7 Å². The van der Waals surface area contributed by atoms with Gasteiger partial charge in [-0.1, -0.05) is 13.8 Å². The molecule has 5 nitrogen and oxygen atoms in total. The average Bonchev–Trinajstić information content (AvgIpc) is 3.09. The van der Waals surface area contributed by atoms with E-state index in [0.717, 1.165) is 0 Å². The molecule has 0 bridgehead atoms. The smallest absolute Gasteiger partial charge is 0.205 e. The van der Waals surface area contributed by atoms with Gasteiger partial charge in [0.05, 0.1) is 5.92 Å². The molecule has 142 valence electrons. The van der Waals surface area contributed by atoms with Gasteiger partial charge in [0.25, 0.3) is 0 Å². The molecule has 0 fully saturated rings. The number of ether oxygens (including phenoxy) is 1. The molecular weight excluding hydrogens is 359 g/mol. The van der Waals surface area contributed by atoms with Crippen LogP contribution in [0.15, 0.2) is 63.6 Å². The van der Waals surface area contributed by atoms with Crippen LogP contribution in [-0.4, -0.2) is 5.78 Å². The van der Waals surface area contributed by atoms with Crippen molar-refractivity contribution in [2.24, 2.45) is 11.1 Å². The third-order valence-electron chi connectivity index (χ3n) is 5.12. The van der Waals surface area contributed by atoms with E-state index in [9.17, 15) is 14.4 Å². The fourth-order valence-corrected chi connectivity index (χ4v) is 3.85. The van der Waals surface area contributed by atoms with Gasteiger partial charge in [-0.05, 0) is 41.8 Å². The van der Waals surface area contributed by atoms with Crippen LogP contribution in [0.2, 0.25) is 0 Å². The Balaban J connectivity index is 1.81. The summed E-state index contributed by atoms with van der Waals surface area (Å²) in [4.78, 5) is 12.9. The van der Waals surface area contributed by atoms with Crippen molar-refractivity contribution < 1.29 is 18.3 Å². The topological polar surface area (TPSA) is 89.2 Å². The summed E-state index contributed by atoms with van der Waals surface area (Å²) in [7, 11) is 0. The molecule has 6 heteroatoms. The fraction of sp³-hybridized carbons (Fsp3) is 0.273. The number of rotatable bonds is 2. The Bertz CT molecular complexity index is 1070. The summed E-state index contributed by atoms with van der Waals surface area (Å²) in [6.45, 7) is 3.98. The number of Topliss-reactive ketones (excluding diaryl/α,β-unsaturated/α-hetero) is 1. The predicted molar refractivity (Wildman–Crippen MR) is 99.8 cm³/mol. The van der Waals surface area contributed by atoms with Crippen molar-refractivity contribution in [3.8, 4) is 17.4 Å². The maximum absolute atomic E-state index is 13.2. The second-order valence-electron chi connectivity index (χ2n) is 7.91. The Labute approximate surface area is 161 Å². The summed E-state index contributed by atoms with van der Waals surface area (Å²) in [5.74, 6) is 0.333. The highest BCUT2D eigenvalue weighted by Crippen LogP contribution is 2.48. The van der Waals surface area contributed by atoms with E-state index < -0.39 is 5.92 Å². The van der Waals surface area contributed by atoms with Gasteiger partial charge < -0.3 is 14.9 Å². The van der Waals surface area contributed by atoms with Crippen LogP contribution in [0.4, 0.5) is 4.39 Å². The van der Waals surface area contributed by atoms with Crippen molar-refractivity contribution in [3.63, 3.8) is 0 Å². The number of nitriles is 1. The van der Waals surface area contributed by atoms with E-state index in [1.54, 1.807) is 24.3 Å². The average molecular weight is 378 g/mol. The first kappa shape index (κ1) is 18.1. The number of hydrogen-bond donors (Lipinski definition) is 1. The van der Waals surface area contributed by atoms with Gasteiger partial charge in [0.2, 0.25) is 5.88 Å². The van der Waals surface area contributed by atoms with Crippen molar-refractivity contribution in [1.82, 2.24) is 0 Å². The summed E-state index contributed by atoms with van der Waals surface area (Å²) in [5, 5.41) is 9.64. The number of halogens is 1. The van der Waals surface area contributed by atoms with E-state index in [0.29, 0.717) is 41.3 Å². The van der Waals surface area contributed by atoms with Crippen LogP contribution in [0.3, 0.4) is 0 Å². The number of hydrogen-bond acceptors (Lipinski definition) is 5. The monoisotopic (exact) mass is 378 g/mol. The number of carbonyl (C=O) groups excluding carboxylic acids is 1. The molecule has 0 unspecified atom stereocenters. The molecule has 1 aromatic carbocycles. The maximum atomic E-state index is 13.2. The van der Waals surface area contributed by atoms with Crippen molar-refractivity contribution in [2.75, 3.05) is 0 Å². The molecule has 28 heavy (non-hydrogen) atoms. The van der Waals surface area contributed by atoms with E-state index in [1.807, 2.05) is 13.8 Å². The van der Waals surface area contributed by atoms with Crippen LogP contribution in [0, 0.1) is 22.6 Å². The lowest BCUT2D eigenvalue weighted by Gasteiger charge is -2.36. The minimum atomic E-state index is -0.702. The predicted octanol–water partition coefficient (Wildman–Crippen LogP) is 4.54. The third kappa shape index (κ3) is 2.99. The molecule has 2 aliphatic rings. The number of allylic oxidation sites excluding steroid dienone is 3. The summed E-state index contributed by atoms with van der Waals surface area (Å²) in [6.07, 6.45) is 0.908. The lowest BCUT2D eigenvalue weighted by molar-refractivity contribution is -0.119. The summed E-state index contributed by atoms with van der Waals surface area (Å²) >= 11 is 0. The van der Waals surface area contributed by atoms with Crippen molar-refractivity contribution in [2.45, 2.75) is 32.6 Å². The first-order valence-corrected chi connectivity index (χ1v) is 8.98. The molecule has 1 aliphatic heterocycles. The van der Waals surface area contributed by atoms with Gasteiger partial charge in [-0.3, -0.25) is 4.79 Å². The van der Waals surface area contributed by atoms with Crippen molar-refractivity contribution >= 4 is 5.78 Å². The Morgan fingerprint density at radius 3 is 2.57 bits per heavy atom. The van der Waals surface area contributed by atoms with E-state index in [2.05, 4.69) is 6.07 Å². The lowest BCUT2D eigenvalue weighted by atomic mass is 9.71. The quantitative estimate of drug-likeness (QED) is 0.829. The van der Waals surface area contributed by atoms with Gasteiger partial charge in [-0.15, -0.1) is 0 Å². The van der Waals surface area contributed by atoms with Crippen LogP contribution in [-0.2, 0) is 9.53 Å². The second-order valence-corrected chi connectivity index (χ2v) is 7.91. The molecule has 1 atom stereocenters. The zero-order chi connectivity index (χ0) is 20.1. The Morgan fingerprint density at radius 1 is 1.18 bits per heavy atom. The Morgan fingerprint density at radius 2 is 1.89 bits per heavy atom. The molecular formula is C22H19FN2O3. The number of ketones is 1. The largest absolute Gasteiger partial charge is 0.460 e. The SMILES string of the molecule is CC1(C)CC(=O)C2=C(C1)OC(N)=C(C#N)[C@H]2c1ccc(-c2ccc(F)cc2)o1. The summed E-state index contributed by atoms with van der Waals surface area (Å²) < 4.78 is 24.8. The number of furan rings is 1. The number of benzene rings is 1. The molecule has 2 heterocycles. The number of nitrogens with zero attached hydrogens (tertiary/aromatic N) is 1. The normalized spacial score (nSPS) is 21.2. The maximum Gasteiger partial charge on any atom is 0.205 e. The first-order valence-electron chi connectivity index (χ1n) is 8.98. The third-order valence-corrected chi connectivity index (χ3v) is 5.12. The van der Waals surface area contributed by atoms with Crippen LogP contribution in [0.5, 0.6) is 0 Å². The summed E-state index contributed by atoms with van der Waals surface area (Å²) in [6, 6.07) is 11.4. The minimum Gasteiger partial charge on any atom is -0.460 e. The highest BCUT2D eigenvalue weighted by atomic mass is 19.1. The molecule has 0 saturated carbocycles. The molecule has 2 N–H and O–H groups in total. The molecule has 0 spiro atoms. The molecule has 2 aromatic rings. The van der Waals surface area contributed by atoms with Crippen LogP contribution in [0.25, 0.3) is 11.3 Å². The van der Waals surface area contributed by atoms with E-state index in [1.165, 1.54) is 12.1 Å². The van der Waals surface area contributed by atoms with E-state index in [4.69, 9.17) is 14.9 Å². The lowest BCUT2D eigenvalue weighted by Crippen LogP contribution is -2.33. The van der Waals surface area contributed by atoms with Gasteiger partial charge in [0, 0.05) is 24.0 Å². The van der Waals surface area contributed by atoms with Crippen molar-refractivity contribution in [1.29, 1.82) is 5.26 Å². The minimum absolute atomic E-state index is 0.00326. The van der Waals surface area contributed by atoms with Crippen LogP contribution < -0.4 is 5.73 Å². The number of carbonyl (C=O) groups is 1. The molecule has 0 amide bonds. The van der Waals surface area contributed by atoms with Crippen molar-refractivity contribution in [3.05, 3.63) is 70.8 Å². The standard InChI is InChI=1S/C22H19FN2O3/c1-22(2)9-15(26)20-18(10-22)28-21(25)14(11-24)19(20)17-8-7-16(27-17)12-3-5-13(23)6-4-12/h3-8,19H,9-10,25H2,1-2H3/t19-/m0/s1. The molecule has 0 saturated heterocycles. The van der Waals surface area contributed by atoms with E-state index in [-0.39, 0.29) is 28.5 Å². The zero-order valence-electron chi connectivity index (χ0n) is 15.6. The highest BCUT2D eigenvalue weighted by molar-refractivity contribution is 5.99. The number of nitrogens with two attached hydrogens (primary N) is 1. The van der Waals surface area contributed by atoms with Gasteiger partial charge >= 0.3 is 0 Å². The summed E-state index contributed by atoms with van der Waals surface area (Å²) in [5.41, 5.74) is 7.05. The Kier molecular flexibility index (Phi) is 4.11. The molecule has 1 aromatic heterocycles. The van der Waals surface area contributed by atoms with Gasteiger partial charge in [0.15, 0.2) is 5.78 Å². The molecule has 1 aliphatic carbocycles. The van der Waals surface area contributed by atoms with Crippen LogP contribution >= 0.6 is 0 Å². The van der Waals surface area contributed by atoms with Gasteiger partial charge in [-0.25, -0.2) is 4.39 Å². The van der Waals surface area contributed by atoms with E-state index >= 15 is 0 Å². The zero-order valence-corrected chi connectivity index (χ0v) is 15.6. The fourth-order valence-electron chi connectivity index (χ4n) is 3.85. The van der Waals surface area contributed by atoms with Gasteiger partial charge in [-0.2, -0.15) is 5.26 Å². The Hall–Kier alpha value is -3.33. The molecule has 4 rings (SSSR count).